The molecule has 1 fully saturated rings. The van der Waals surface area contributed by atoms with E-state index in [1.807, 2.05) is 12.1 Å². The Labute approximate surface area is 139 Å². The Hall–Kier alpha value is -2.77. The largest absolute Gasteiger partial charge is 0.454 e. The Morgan fingerprint density at radius 2 is 2.04 bits per heavy atom. The van der Waals surface area contributed by atoms with Crippen molar-refractivity contribution in [3.05, 3.63) is 23.8 Å². The number of ether oxygens (including phenoxy) is 2. The number of hydrogen-bond acceptors (Lipinski definition) is 5. The molecule has 1 aromatic rings. The van der Waals surface area contributed by atoms with Crippen LogP contribution in [0.2, 0.25) is 0 Å². The maximum atomic E-state index is 12.0. The van der Waals surface area contributed by atoms with Gasteiger partial charge in [0.15, 0.2) is 11.5 Å². The highest BCUT2D eigenvalue weighted by molar-refractivity contribution is 6.06. The molecule has 128 valence electrons. The van der Waals surface area contributed by atoms with Crippen molar-refractivity contribution in [1.29, 1.82) is 0 Å². The molecule has 1 saturated heterocycles. The summed E-state index contributed by atoms with van der Waals surface area (Å²) in [4.78, 5) is 36.8. The Bertz CT molecular complexity index is 701. The summed E-state index contributed by atoms with van der Waals surface area (Å²) in [5.74, 6) is 0.781. The Balaban J connectivity index is 1.48. The fourth-order valence-electron chi connectivity index (χ4n) is 2.57. The number of benzene rings is 1. The Morgan fingerprint density at radius 1 is 1.29 bits per heavy atom. The summed E-state index contributed by atoms with van der Waals surface area (Å²) >= 11 is 0. The summed E-state index contributed by atoms with van der Waals surface area (Å²) < 4.78 is 10.5. The van der Waals surface area contributed by atoms with Crippen molar-refractivity contribution in [2.24, 2.45) is 0 Å². The standard InChI is InChI=1S/C16H19N3O5/c1-16(2)14(21)19(15(22)18-16)6-5-13(20)17-8-10-3-4-11-12(7-10)24-9-23-11/h3-4,7H,5-6,8-9H2,1-2H3,(H,17,20)(H,18,22). The van der Waals surface area contributed by atoms with E-state index in [0.29, 0.717) is 18.0 Å². The van der Waals surface area contributed by atoms with Gasteiger partial charge < -0.3 is 20.1 Å². The van der Waals surface area contributed by atoms with Crippen molar-refractivity contribution in [3.63, 3.8) is 0 Å². The van der Waals surface area contributed by atoms with Gasteiger partial charge in [-0.2, -0.15) is 0 Å². The van der Waals surface area contributed by atoms with Crippen molar-refractivity contribution in [2.75, 3.05) is 13.3 Å². The van der Waals surface area contributed by atoms with E-state index in [-0.39, 0.29) is 31.6 Å². The number of hydrogen-bond donors (Lipinski definition) is 2. The van der Waals surface area contributed by atoms with Gasteiger partial charge in [0, 0.05) is 19.5 Å². The van der Waals surface area contributed by atoms with E-state index in [0.717, 1.165) is 10.5 Å². The Morgan fingerprint density at radius 3 is 2.75 bits per heavy atom. The number of amides is 4. The van der Waals surface area contributed by atoms with Gasteiger partial charge in [0.25, 0.3) is 5.91 Å². The minimum absolute atomic E-state index is 0.0553. The lowest BCUT2D eigenvalue weighted by molar-refractivity contribution is -0.130. The minimum atomic E-state index is -0.917. The Kier molecular flexibility index (Phi) is 4.04. The smallest absolute Gasteiger partial charge is 0.325 e. The molecule has 2 heterocycles. The number of urea groups is 1. The number of imide groups is 1. The third-order valence-corrected chi connectivity index (χ3v) is 3.93. The summed E-state index contributed by atoms with van der Waals surface area (Å²) in [6.45, 7) is 3.86. The molecule has 2 aliphatic rings. The molecule has 3 rings (SSSR count). The maximum absolute atomic E-state index is 12.0. The number of fused-ring (bicyclic) bond motifs is 1. The second-order valence-electron chi connectivity index (χ2n) is 6.23. The molecule has 24 heavy (non-hydrogen) atoms. The van der Waals surface area contributed by atoms with Gasteiger partial charge in [-0.25, -0.2) is 4.79 Å². The highest BCUT2D eigenvalue weighted by Crippen LogP contribution is 2.32. The van der Waals surface area contributed by atoms with Crippen LogP contribution in [0.1, 0.15) is 25.8 Å². The van der Waals surface area contributed by atoms with Gasteiger partial charge in [0.2, 0.25) is 12.7 Å². The average Bonchev–Trinajstić information content (AvgIpc) is 3.06. The number of carbonyl (C=O) groups is 3. The van der Waals surface area contributed by atoms with E-state index < -0.39 is 11.6 Å². The molecule has 1 aromatic carbocycles. The number of nitrogens with zero attached hydrogens (tertiary/aromatic N) is 1. The van der Waals surface area contributed by atoms with Gasteiger partial charge in [0.1, 0.15) is 5.54 Å². The van der Waals surface area contributed by atoms with Crippen molar-refractivity contribution in [2.45, 2.75) is 32.4 Å². The highest BCUT2D eigenvalue weighted by Gasteiger charge is 2.43. The summed E-state index contributed by atoms with van der Waals surface area (Å²) in [6, 6.07) is 4.98. The van der Waals surface area contributed by atoms with Gasteiger partial charge in [-0.1, -0.05) is 6.07 Å². The summed E-state index contributed by atoms with van der Waals surface area (Å²) in [5.41, 5.74) is -0.0382. The monoisotopic (exact) mass is 333 g/mol. The van der Waals surface area contributed by atoms with Crippen LogP contribution in [0.5, 0.6) is 11.5 Å². The molecule has 0 saturated carbocycles. The zero-order valence-corrected chi connectivity index (χ0v) is 13.5. The average molecular weight is 333 g/mol. The molecule has 0 aliphatic carbocycles. The normalized spacial score (nSPS) is 17.8. The summed E-state index contributed by atoms with van der Waals surface area (Å²) in [5, 5.41) is 5.34. The van der Waals surface area contributed by atoms with Gasteiger partial charge in [-0.15, -0.1) is 0 Å². The number of carbonyl (C=O) groups excluding carboxylic acids is 3. The highest BCUT2D eigenvalue weighted by atomic mass is 16.7. The quantitative estimate of drug-likeness (QED) is 0.775. The predicted molar refractivity (Wildman–Crippen MR) is 83.4 cm³/mol. The zero-order chi connectivity index (χ0) is 17.3. The predicted octanol–water partition coefficient (Wildman–Crippen LogP) is 0.752. The van der Waals surface area contributed by atoms with E-state index in [1.165, 1.54) is 0 Å². The lowest BCUT2D eigenvalue weighted by Gasteiger charge is -2.15. The first-order valence-corrected chi connectivity index (χ1v) is 7.66. The van der Waals surface area contributed by atoms with E-state index in [9.17, 15) is 14.4 Å². The second-order valence-corrected chi connectivity index (χ2v) is 6.23. The third kappa shape index (κ3) is 3.12. The van der Waals surface area contributed by atoms with Crippen LogP contribution in [-0.4, -0.2) is 41.6 Å². The fraction of sp³-hybridized carbons (Fsp3) is 0.438. The molecule has 0 radical (unpaired) electrons. The molecule has 8 heteroatoms. The third-order valence-electron chi connectivity index (χ3n) is 3.93. The minimum Gasteiger partial charge on any atom is -0.454 e. The van der Waals surface area contributed by atoms with E-state index in [1.54, 1.807) is 19.9 Å². The lowest BCUT2D eigenvalue weighted by Crippen LogP contribution is -2.40. The van der Waals surface area contributed by atoms with Crippen molar-refractivity contribution in [3.8, 4) is 11.5 Å². The molecule has 4 amide bonds. The molecular weight excluding hydrogens is 314 g/mol. The molecule has 0 unspecified atom stereocenters. The molecule has 0 spiro atoms. The number of nitrogens with one attached hydrogen (secondary N) is 2. The van der Waals surface area contributed by atoms with Crippen LogP contribution in [0, 0.1) is 0 Å². The topological polar surface area (TPSA) is 97.0 Å². The molecular formula is C16H19N3O5. The first-order chi connectivity index (χ1) is 11.4. The van der Waals surface area contributed by atoms with Gasteiger partial charge in [0.05, 0.1) is 0 Å². The van der Waals surface area contributed by atoms with Crippen molar-refractivity contribution < 1.29 is 23.9 Å². The van der Waals surface area contributed by atoms with E-state index in [4.69, 9.17) is 9.47 Å². The SMILES string of the molecule is CC1(C)NC(=O)N(CCC(=O)NCc2ccc3c(c2)OCO3)C1=O. The zero-order valence-electron chi connectivity index (χ0n) is 13.5. The van der Waals surface area contributed by atoms with Crippen LogP contribution in [0.3, 0.4) is 0 Å². The molecule has 0 aromatic heterocycles. The van der Waals surface area contributed by atoms with Crippen LogP contribution in [0.25, 0.3) is 0 Å². The summed E-state index contributed by atoms with van der Waals surface area (Å²) in [6.07, 6.45) is 0.0553. The van der Waals surface area contributed by atoms with Gasteiger partial charge in [-0.3, -0.25) is 14.5 Å². The van der Waals surface area contributed by atoms with E-state index in [2.05, 4.69) is 10.6 Å². The summed E-state index contributed by atoms with van der Waals surface area (Å²) in [7, 11) is 0. The molecule has 0 atom stereocenters. The van der Waals surface area contributed by atoms with Gasteiger partial charge in [-0.05, 0) is 31.5 Å². The maximum Gasteiger partial charge on any atom is 0.325 e. The number of rotatable bonds is 5. The van der Waals surface area contributed by atoms with Crippen molar-refractivity contribution in [1.82, 2.24) is 15.5 Å². The molecule has 2 aliphatic heterocycles. The van der Waals surface area contributed by atoms with Crippen LogP contribution in [-0.2, 0) is 16.1 Å². The van der Waals surface area contributed by atoms with Crippen LogP contribution in [0.4, 0.5) is 4.79 Å². The molecule has 2 N–H and O–H groups in total. The van der Waals surface area contributed by atoms with Crippen LogP contribution in [0.15, 0.2) is 18.2 Å². The van der Waals surface area contributed by atoms with E-state index >= 15 is 0 Å². The first kappa shape index (κ1) is 16.1. The lowest BCUT2D eigenvalue weighted by atomic mass is 10.1. The first-order valence-electron chi connectivity index (χ1n) is 7.66. The molecule has 0 bridgehead atoms. The fourth-order valence-corrected chi connectivity index (χ4v) is 2.57. The van der Waals surface area contributed by atoms with Crippen molar-refractivity contribution >= 4 is 17.8 Å². The molecule has 8 nitrogen and oxygen atoms in total. The second kappa shape index (κ2) is 6.03. The van der Waals surface area contributed by atoms with Gasteiger partial charge >= 0.3 is 6.03 Å². The van der Waals surface area contributed by atoms with Crippen LogP contribution < -0.4 is 20.1 Å². The van der Waals surface area contributed by atoms with Crippen LogP contribution >= 0.6 is 0 Å².